The van der Waals surface area contributed by atoms with Crippen molar-refractivity contribution in [1.29, 1.82) is 0 Å². The van der Waals surface area contributed by atoms with Crippen LogP contribution in [0.4, 0.5) is 0 Å². The number of rotatable bonds is 3. The van der Waals surface area contributed by atoms with Gasteiger partial charge in [-0.2, -0.15) is 0 Å². The SMILES string of the molecule is Cc1cc(C(C)(C)O)ncc1-c1cc2c(C(N)=O)n[c]cc2cn1. The van der Waals surface area contributed by atoms with Gasteiger partial charge >= 0.3 is 0 Å². The van der Waals surface area contributed by atoms with Crippen molar-refractivity contribution in [2.75, 3.05) is 0 Å². The first-order valence-electron chi connectivity index (χ1n) is 7.44. The van der Waals surface area contributed by atoms with Gasteiger partial charge in [0.25, 0.3) is 5.91 Å². The molecule has 0 bridgehead atoms. The van der Waals surface area contributed by atoms with Crippen LogP contribution in [0.3, 0.4) is 0 Å². The van der Waals surface area contributed by atoms with Gasteiger partial charge in [0.2, 0.25) is 0 Å². The van der Waals surface area contributed by atoms with E-state index in [0.717, 1.165) is 16.5 Å². The van der Waals surface area contributed by atoms with Gasteiger partial charge in [-0.15, -0.1) is 0 Å². The third-order valence-corrected chi connectivity index (χ3v) is 3.83. The Morgan fingerprint density at radius 3 is 2.62 bits per heavy atom. The number of hydrogen-bond donors (Lipinski definition) is 2. The van der Waals surface area contributed by atoms with Crippen LogP contribution in [0.1, 0.15) is 35.6 Å². The Kier molecular flexibility index (Phi) is 3.77. The van der Waals surface area contributed by atoms with Crippen LogP contribution in [0.5, 0.6) is 0 Å². The average molecular weight is 321 g/mol. The molecule has 6 nitrogen and oxygen atoms in total. The Balaban J connectivity index is 2.17. The molecule has 3 aromatic rings. The molecule has 0 saturated heterocycles. The summed E-state index contributed by atoms with van der Waals surface area (Å²) in [5, 5.41) is 11.4. The maximum Gasteiger partial charge on any atom is 0.267 e. The molecule has 0 unspecified atom stereocenters. The standard InChI is InChI=1S/C18H17N4O2/c1-10-6-15(18(2,3)24)22-9-13(10)14-7-12-11(8-21-14)4-5-20-16(12)17(19)23/h4,6-9,24H,1-3H3,(H2,19,23). The molecule has 0 aromatic carbocycles. The molecule has 0 aliphatic rings. The first-order valence-corrected chi connectivity index (χ1v) is 7.44. The minimum absolute atomic E-state index is 0.162. The number of nitrogens with zero attached hydrogens (tertiary/aromatic N) is 3. The summed E-state index contributed by atoms with van der Waals surface area (Å²) >= 11 is 0. The lowest BCUT2D eigenvalue weighted by Crippen LogP contribution is -2.17. The number of carbonyl (C=O) groups excluding carboxylic acids is 1. The second kappa shape index (κ2) is 5.65. The highest BCUT2D eigenvalue weighted by atomic mass is 16.3. The van der Waals surface area contributed by atoms with Crippen LogP contribution < -0.4 is 5.73 Å². The molecule has 0 atom stereocenters. The van der Waals surface area contributed by atoms with Crippen molar-refractivity contribution in [2.45, 2.75) is 26.4 Å². The Labute approximate surface area is 139 Å². The minimum Gasteiger partial charge on any atom is -0.384 e. The van der Waals surface area contributed by atoms with Crippen LogP contribution >= 0.6 is 0 Å². The Morgan fingerprint density at radius 1 is 1.25 bits per heavy atom. The molecule has 1 amide bonds. The van der Waals surface area contributed by atoms with Crippen molar-refractivity contribution in [3.05, 3.63) is 53.7 Å². The Morgan fingerprint density at radius 2 is 2.00 bits per heavy atom. The second-order valence-corrected chi connectivity index (χ2v) is 6.20. The lowest BCUT2D eigenvalue weighted by atomic mass is 9.99. The number of primary amides is 1. The highest BCUT2D eigenvalue weighted by Gasteiger charge is 2.19. The highest BCUT2D eigenvalue weighted by molar-refractivity contribution is 6.04. The number of pyridine rings is 3. The van der Waals surface area contributed by atoms with Gasteiger partial charge in [0.05, 0.1) is 17.6 Å². The highest BCUT2D eigenvalue weighted by Crippen LogP contribution is 2.27. The molecule has 0 saturated carbocycles. The Bertz CT molecular complexity index is 945. The van der Waals surface area contributed by atoms with Crippen molar-refractivity contribution in [3.8, 4) is 11.3 Å². The topological polar surface area (TPSA) is 102 Å². The Hall–Kier alpha value is -2.86. The normalized spacial score (nSPS) is 11.7. The lowest BCUT2D eigenvalue weighted by Gasteiger charge is -2.18. The van der Waals surface area contributed by atoms with Crippen molar-refractivity contribution in [2.24, 2.45) is 5.73 Å². The van der Waals surface area contributed by atoms with E-state index >= 15 is 0 Å². The first kappa shape index (κ1) is 16.0. The maximum atomic E-state index is 11.6. The van der Waals surface area contributed by atoms with Crippen LogP contribution in [0.15, 0.2) is 30.6 Å². The van der Waals surface area contributed by atoms with Crippen LogP contribution in [0, 0.1) is 13.1 Å². The zero-order valence-electron chi connectivity index (χ0n) is 13.7. The molecule has 3 heterocycles. The van der Waals surface area contributed by atoms with Crippen molar-refractivity contribution in [3.63, 3.8) is 0 Å². The molecule has 3 rings (SSSR count). The molecular weight excluding hydrogens is 304 g/mol. The summed E-state index contributed by atoms with van der Waals surface area (Å²) in [5.74, 6) is -0.610. The predicted molar refractivity (Wildman–Crippen MR) is 90.1 cm³/mol. The fraction of sp³-hybridized carbons (Fsp3) is 0.222. The molecule has 6 heteroatoms. The number of nitrogens with two attached hydrogens (primary N) is 1. The van der Waals surface area contributed by atoms with Gasteiger partial charge in [0, 0.05) is 28.7 Å². The summed E-state index contributed by atoms with van der Waals surface area (Å²) in [5.41, 5.74) is 7.51. The summed E-state index contributed by atoms with van der Waals surface area (Å²) in [6.07, 6.45) is 5.97. The molecule has 3 N–H and O–H groups in total. The van der Waals surface area contributed by atoms with Crippen molar-refractivity contribution in [1.82, 2.24) is 15.0 Å². The summed E-state index contributed by atoms with van der Waals surface area (Å²) in [6.45, 7) is 5.29. The van der Waals surface area contributed by atoms with Gasteiger partial charge in [-0.1, -0.05) is 0 Å². The number of aromatic nitrogens is 3. The molecule has 0 spiro atoms. The molecule has 121 valence electrons. The number of carbonyl (C=O) groups is 1. The average Bonchev–Trinajstić information content (AvgIpc) is 2.52. The largest absolute Gasteiger partial charge is 0.384 e. The second-order valence-electron chi connectivity index (χ2n) is 6.20. The summed E-state index contributed by atoms with van der Waals surface area (Å²) in [6, 6.07) is 5.25. The zero-order chi connectivity index (χ0) is 17.5. The predicted octanol–water partition coefficient (Wildman–Crippen LogP) is 2.13. The van der Waals surface area contributed by atoms with Gasteiger partial charge in [-0.25, -0.2) is 4.98 Å². The molecule has 1 radical (unpaired) electrons. The van der Waals surface area contributed by atoms with Crippen LogP contribution in [0.2, 0.25) is 0 Å². The third kappa shape index (κ3) is 2.83. The molecule has 0 aliphatic carbocycles. The van der Waals surface area contributed by atoms with E-state index in [1.807, 2.05) is 13.0 Å². The third-order valence-electron chi connectivity index (χ3n) is 3.83. The van der Waals surface area contributed by atoms with Gasteiger partial charge < -0.3 is 10.8 Å². The minimum atomic E-state index is -1.01. The maximum absolute atomic E-state index is 11.6. The van der Waals surface area contributed by atoms with Crippen LogP contribution in [-0.4, -0.2) is 26.0 Å². The van der Waals surface area contributed by atoms with E-state index in [-0.39, 0.29) is 5.69 Å². The quantitative estimate of drug-likeness (QED) is 0.769. The molecular formula is C18H17N4O2. The van der Waals surface area contributed by atoms with E-state index < -0.39 is 11.5 Å². The summed E-state index contributed by atoms with van der Waals surface area (Å²) < 4.78 is 0. The van der Waals surface area contributed by atoms with E-state index in [2.05, 4.69) is 21.1 Å². The molecule has 3 aromatic heterocycles. The number of fused-ring (bicyclic) bond motifs is 1. The molecule has 0 aliphatic heterocycles. The van der Waals surface area contributed by atoms with E-state index in [0.29, 0.717) is 16.8 Å². The number of aliphatic hydroxyl groups is 1. The van der Waals surface area contributed by atoms with Gasteiger partial charge in [0.15, 0.2) is 0 Å². The molecule has 0 fully saturated rings. The zero-order valence-corrected chi connectivity index (χ0v) is 13.7. The number of hydrogen-bond acceptors (Lipinski definition) is 5. The van der Waals surface area contributed by atoms with E-state index in [9.17, 15) is 9.90 Å². The van der Waals surface area contributed by atoms with Gasteiger partial charge in [0.1, 0.15) is 11.3 Å². The van der Waals surface area contributed by atoms with Crippen LogP contribution in [-0.2, 0) is 5.60 Å². The van der Waals surface area contributed by atoms with Crippen LogP contribution in [0.25, 0.3) is 22.0 Å². The van der Waals surface area contributed by atoms with E-state index in [1.54, 1.807) is 38.4 Å². The fourth-order valence-corrected chi connectivity index (χ4v) is 2.51. The number of aryl methyl sites for hydroxylation is 1. The number of amides is 1. The molecule has 24 heavy (non-hydrogen) atoms. The van der Waals surface area contributed by atoms with E-state index in [4.69, 9.17) is 5.73 Å². The van der Waals surface area contributed by atoms with Gasteiger partial charge in [-0.05, 0) is 44.5 Å². The monoisotopic (exact) mass is 321 g/mol. The van der Waals surface area contributed by atoms with Crippen molar-refractivity contribution < 1.29 is 9.90 Å². The summed E-state index contributed by atoms with van der Waals surface area (Å²) in [4.78, 5) is 24.2. The van der Waals surface area contributed by atoms with Crippen molar-refractivity contribution >= 4 is 16.7 Å². The van der Waals surface area contributed by atoms with Gasteiger partial charge in [-0.3, -0.25) is 14.8 Å². The first-order chi connectivity index (χ1) is 11.3. The summed E-state index contributed by atoms with van der Waals surface area (Å²) in [7, 11) is 0. The smallest absolute Gasteiger partial charge is 0.267 e. The lowest BCUT2D eigenvalue weighted by molar-refractivity contribution is 0.0738. The van der Waals surface area contributed by atoms with E-state index in [1.165, 1.54) is 0 Å². The fourth-order valence-electron chi connectivity index (χ4n) is 2.51.